The highest BCUT2D eigenvalue weighted by Gasteiger charge is 2.13. The van der Waals surface area contributed by atoms with E-state index < -0.39 is 5.82 Å². The van der Waals surface area contributed by atoms with E-state index in [1.165, 1.54) is 30.0 Å². The van der Waals surface area contributed by atoms with Crippen molar-refractivity contribution in [3.05, 3.63) is 64.7 Å². The topological polar surface area (TPSA) is 38.0 Å². The Bertz CT molecular complexity index is 610. The first-order valence-corrected chi connectivity index (χ1v) is 7.74. The smallest absolute Gasteiger partial charge is 0.145 e. The summed E-state index contributed by atoms with van der Waals surface area (Å²) in [7, 11) is 0. The van der Waals surface area contributed by atoms with Crippen molar-refractivity contribution in [2.75, 3.05) is 5.75 Å². The molecule has 1 unspecified atom stereocenters. The number of halogens is 3. The molecule has 0 aliphatic carbocycles. The van der Waals surface area contributed by atoms with Crippen molar-refractivity contribution in [3.63, 3.8) is 0 Å². The van der Waals surface area contributed by atoms with Gasteiger partial charge in [-0.15, -0.1) is 11.8 Å². The van der Waals surface area contributed by atoms with E-state index in [2.05, 4.69) is 5.43 Å². The van der Waals surface area contributed by atoms with Gasteiger partial charge in [0.05, 0.1) is 5.02 Å². The van der Waals surface area contributed by atoms with Crippen LogP contribution in [0.4, 0.5) is 8.78 Å². The molecular weight excluding hydrogens is 314 g/mol. The fourth-order valence-electron chi connectivity index (χ4n) is 1.89. The lowest BCUT2D eigenvalue weighted by atomic mass is 10.1. The maximum atomic E-state index is 13.9. The molecule has 0 spiro atoms. The van der Waals surface area contributed by atoms with Crippen LogP contribution in [0.1, 0.15) is 5.56 Å². The Hall–Kier alpha value is -1.14. The third-order valence-electron chi connectivity index (χ3n) is 2.98. The van der Waals surface area contributed by atoms with Crippen molar-refractivity contribution in [3.8, 4) is 0 Å². The first-order valence-electron chi connectivity index (χ1n) is 6.37. The lowest BCUT2D eigenvalue weighted by molar-refractivity contribution is 0.547. The van der Waals surface area contributed by atoms with Gasteiger partial charge in [0, 0.05) is 16.7 Å². The summed E-state index contributed by atoms with van der Waals surface area (Å²) < 4.78 is 27.0. The lowest BCUT2D eigenvalue weighted by Crippen LogP contribution is -2.38. The summed E-state index contributed by atoms with van der Waals surface area (Å²) in [4.78, 5) is 0.807. The number of nitrogens with two attached hydrogens (primary N) is 1. The van der Waals surface area contributed by atoms with E-state index in [0.717, 1.165) is 4.90 Å². The van der Waals surface area contributed by atoms with E-state index in [1.54, 1.807) is 18.2 Å². The molecule has 0 saturated carbocycles. The van der Waals surface area contributed by atoms with E-state index in [4.69, 9.17) is 17.4 Å². The van der Waals surface area contributed by atoms with Crippen LogP contribution in [0.25, 0.3) is 0 Å². The second-order valence-corrected chi connectivity index (χ2v) is 6.05. The minimum absolute atomic E-state index is 0.0982. The second kappa shape index (κ2) is 7.75. The zero-order valence-electron chi connectivity index (χ0n) is 11.2. The lowest BCUT2D eigenvalue weighted by Gasteiger charge is -2.16. The molecule has 0 amide bonds. The van der Waals surface area contributed by atoms with Gasteiger partial charge >= 0.3 is 0 Å². The molecular formula is C15H15ClF2N2S. The third-order valence-corrected chi connectivity index (χ3v) is 4.43. The standard InChI is InChI=1S/C15H15ClF2N2S/c16-14-6-1-3-10(15(14)18)7-12(20-19)9-21-13-5-2-4-11(17)8-13/h1-6,8,12,20H,7,9,19H2. The Morgan fingerprint density at radius 2 is 1.95 bits per heavy atom. The molecule has 0 aliphatic heterocycles. The minimum Gasteiger partial charge on any atom is -0.271 e. The van der Waals surface area contributed by atoms with Gasteiger partial charge in [-0.25, -0.2) is 8.78 Å². The van der Waals surface area contributed by atoms with Gasteiger partial charge in [-0.05, 0) is 36.2 Å². The quantitative estimate of drug-likeness (QED) is 0.481. The molecule has 2 rings (SSSR count). The molecule has 1 atom stereocenters. The molecule has 0 bridgehead atoms. The van der Waals surface area contributed by atoms with Crippen molar-refractivity contribution >= 4 is 23.4 Å². The maximum absolute atomic E-state index is 13.9. The Morgan fingerprint density at radius 3 is 2.67 bits per heavy atom. The number of hydrazine groups is 1. The van der Waals surface area contributed by atoms with Crippen LogP contribution in [-0.4, -0.2) is 11.8 Å². The van der Waals surface area contributed by atoms with Crippen LogP contribution in [-0.2, 0) is 6.42 Å². The Kier molecular flexibility index (Phi) is 5.99. The summed E-state index contributed by atoms with van der Waals surface area (Å²) in [5.41, 5.74) is 3.16. The van der Waals surface area contributed by atoms with Crippen molar-refractivity contribution in [2.24, 2.45) is 5.84 Å². The van der Waals surface area contributed by atoms with Crippen molar-refractivity contribution in [1.29, 1.82) is 0 Å². The normalized spacial score (nSPS) is 12.4. The summed E-state index contributed by atoms with van der Waals surface area (Å²) in [5, 5.41) is 0.0982. The second-order valence-electron chi connectivity index (χ2n) is 4.55. The summed E-state index contributed by atoms with van der Waals surface area (Å²) in [6.45, 7) is 0. The molecule has 0 heterocycles. The van der Waals surface area contributed by atoms with Gasteiger partial charge in [-0.2, -0.15) is 0 Å². The summed E-state index contributed by atoms with van der Waals surface area (Å²) in [6.07, 6.45) is 0.408. The maximum Gasteiger partial charge on any atom is 0.145 e. The molecule has 3 N–H and O–H groups in total. The van der Waals surface area contributed by atoms with Crippen LogP contribution in [0.15, 0.2) is 47.4 Å². The highest BCUT2D eigenvalue weighted by molar-refractivity contribution is 7.99. The fraction of sp³-hybridized carbons (Fsp3) is 0.200. The third kappa shape index (κ3) is 4.68. The molecule has 0 fully saturated rings. The molecule has 21 heavy (non-hydrogen) atoms. The summed E-state index contributed by atoms with van der Waals surface area (Å²) in [5.74, 6) is 5.40. The van der Waals surface area contributed by atoms with E-state index in [-0.39, 0.29) is 16.9 Å². The summed E-state index contributed by atoms with van der Waals surface area (Å²) >= 11 is 7.22. The number of hydrogen-bond donors (Lipinski definition) is 2. The molecule has 0 saturated heterocycles. The molecule has 0 aromatic heterocycles. The first-order chi connectivity index (χ1) is 10.1. The number of benzene rings is 2. The SMILES string of the molecule is NNC(CSc1cccc(F)c1)Cc1cccc(Cl)c1F. The zero-order valence-corrected chi connectivity index (χ0v) is 12.7. The highest BCUT2D eigenvalue weighted by Crippen LogP contribution is 2.23. The molecule has 112 valence electrons. The van der Waals surface area contributed by atoms with E-state index in [9.17, 15) is 8.78 Å². The molecule has 0 radical (unpaired) electrons. The average Bonchev–Trinajstić information content (AvgIpc) is 2.48. The zero-order chi connectivity index (χ0) is 15.2. The number of rotatable bonds is 6. The predicted molar refractivity (Wildman–Crippen MR) is 83.3 cm³/mol. The van der Waals surface area contributed by atoms with Crippen molar-refractivity contribution < 1.29 is 8.78 Å². The van der Waals surface area contributed by atoms with Crippen LogP contribution in [0, 0.1) is 11.6 Å². The van der Waals surface area contributed by atoms with E-state index >= 15 is 0 Å². The molecule has 2 aromatic rings. The van der Waals surface area contributed by atoms with Gasteiger partial charge in [-0.3, -0.25) is 11.3 Å². The molecule has 2 nitrogen and oxygen atoms in total. The molecule has 6 heteroatoms. The van der Waals surface area contributed by atoms with E-state index in [0.29, 0.717) is 17.7 Å². The highest BCUT2D eigenvalue weighted by atomic mass is 35.5. The monoisotopic (exact) mass is 328 g/mol. The van der Waals surface area contributed by atoms with Crippen LogP contribution in [0.3, 0.4) is 0 Å². The van der Waals surface area contributed by atoms with E-state index in [1.807, 2.05) is 6.07 Å². The van der Waals surface area contributed by atoms with Gasteiger partial charge in [0.25, 0.3) is 0 Å². The van der Waals surface area contributed by atoms with Crippen molar-refractivity contribution in [1.82, 2.24) is 5.43 Å². The minimum atomic E-state index is -0.421. The van der Waals surface area contributed by atoms with Crippen LogP contribution < -0.4 is 11.3 Å². The Morgan fingerprint density at radius 1 is 1.19 bits per heavy atom. The predicted octanol–water partition coefficient (Wildman–Crippen LogP) is 3.78. The molecule has 2 aromatic carbocycles. The Balaban J connectivity index is 1.99. The number of thioether (sulfide) groups is 1. The fourth-order valence-corrected chi connectivity index (χ4v) is 3.06. The van der Waals surface area contributed by atoms with Crippen LogP contribution in [0.5, 0.6) is 0 Å². The summed E-state index contributed by atoms with van der Waals surface area (Å²) in [6, 6.07) is 11.1. The van der Waals surface area contributed by atoms with Gasteiger partial charge in [0.15, 0.2) is 0 Å². The van der Waals surface area contributed by atoms with Gasteiger partial charge in [-0.1, -0.05) is 29.8 Å². The van der Waals surface area contributed by atoms with Crippen molar-refractivity contribution in [2.45, 2.75) is 17.4 Å². The number of hydrogen-bond acceptors (Lipinski definition) is 3. The molecule has 0 aliphatic rings. The van der Waals surface area contributed by atoms with Crippen LogP contribution in [0.2, 0.25) is 5.02 Å². The Labute approximate surface area is 131 Å². The van der Waals surface area contributed by atoms with Crippen LogP contribution >= 0.6 is 23.4 Å². The van der Waals surface area contributed by atoms with Gasteiger partial charge in [0.2, 0.25) is 0 Å². The first kappa shape index (κ1) is 16.2. The average molecular weight is 329 g/mol. The van der Waals surface area contributed by atoms with Gasteiger partial charge in [0.1, 0.15) is 11.6 Å². The number of nitrogens with one attached hydrogen (secondary N) is 1. The van der Waals surface area contributed by atoms with Gasteiger partial charge < -0.3 is 0 Å². The largest absolute Gasteiger partial charge is 0.271 e.